The van der Waals surface area contributed by atoms with Crippen molar-refractivity contribution in [1.82, 2.24) is 24.3 Å². The lowest BCUT2D eigenvalue weighted by atomic mass is 10.1. The average molecular weight is 471 g/mol. The zero-order chi connectivity index (χ0) is 24.2. The van der Waals surface area contributed by atoms with E-state index in [4.69, 9.17) is 25.3 Å². The number of imidazole rings is 1. The molecule has 0 saturated carbocycles. The number of benzene rings is 1. The quantitative estimate of drug-likeness (QED) is 0.512. The summed E-state index contributed by atoms with van der Waals surface area (Å²) in [6.07, 6.45) is -0.0551. The van der Waals surface area contributed by atoms with E-state index in [0.717, 1.165) is 29.7 Å². The van der Waals surface area contributed by atoms with Gasteiger partial charge in [0.25, 0.3) is 5.91 Å². The van der Waals surface area contributed by atoms with E-state index in [1.165, 1.54) is 4.90 Å². The van der Waals surface area contributed by atoms with Gasteiger partial charge in [-0.1, -0.05) is 6.92 Å². The summed E-state index contributed by atoms with van der Waals surface area (Å²) in [7, 11) is 0. The Morgan fingerprint density at radius 2 is 1.85 bits per heavy atom. The van der Waals surface area contributed by atoms with E-state index in [9.17, 15) is 9.59 Å². The van der Waals surface area contributed by atoms with Crippen LogP contribution in [0.2, 0.25) is 0 Å². The van der Waals surface area contributed by atoms with Crippen LogP contribution in [0, 0.1) is 0 Å². The number of rotatable bonds is 8. The predicted octanol–water partition coefficient (Wildman–Crippen LogP) is 2.31. The van der Waals surface area contributed by atoms with Crippen LogP contribution in [0.25, 0.3) is 21.9 Å². The van der Waals surface area contributed by atoms with Crippen LogP contribution in [0.1, 0.15) is 26.1 Å². The van der Waals surface area contributed by atoms with Crippen LogP contribution in [0.15, 0.2) is 18.2 Å². The number of pyridine rings is 1. The summed E-state index contributed by atoms with van der Waals surface area (Å²) in [5, 5.41) is 9.90. The van der Waals surface area contributed by atoms with Gasteiger partial charge in [0.05, 0.1) is 11.0 Å². The highest BCUT2D eigenvalue weighted by Crippen LogP contribution is 2.31. The van der Waals surface area contributed by atoms with Gasteiger partial charge in [-0.05, 0) is 31.5 Å². The molecule has 1 fully saturated rings. The Kier molecular flexibility index (Phi) is 7.01. The topological polar surface area (TPSA) is 136 Å². The Labute approximate surface area is 197 Å². The van der Waals surface area contributed by atoms with E-state index in [-0.39, 0.29) is 12.5 Å². The van der Waals surface area contributed by atoms with Gasteiger partial charge < -0.3 is 34.7 Å². The molecule has 2 amide bonds. The van der Waals surface area contributed by atoms with Crippen molar-refractivity contribution in [2.45, 2.75) is 33.4 Å². The minimum Gasteiger partial charge on any atom is -0.484 e. The SMILES string of the molecule is CCCn1c(COCC)nc2c(N)nc3ccc(OCC(=O)N4CCN(C(=O)O)CC4)cc3c21. The molecular formula is C23H30N6O5. The summed E-state index contributed by atoms with van der Waals surface area (Å²) in [5.74, 6) is 1.51. The molecule has 3 aromatic rings. The van der Waals surface area contributed by atoms with Gasteiger partial charge in [0.15, 0.2) is 12.4 Å². The number of hydrogen-bond donors (Lipinski definition) is 2. The maximum atomic E-state index is 12.6. The second kappa shape index (κ2) is 10.1. The van der Waals surface area contributed by atoms with Gasteiger partial charge in [0.2, 0.25) is 0 Å². The van der Waals surface area contributed by atoms with Crippen LogP contribution in [0.5, 0.6) is 5.75 Å². The lowest BCUT2D eigenvalue weighted by molar-refractivity contribution is -0.134. The highest BCUT2D eigenvalue weighted by molar-refractivity contribution is 6.07. The number of aromatic nitrogens is 3. The van der Waals surface area contributed by atoms with E-state index in [2.05, 4.69) is 16.5 Å². The second-order valence-electron chi connectivity index (χ2n) is 8.13. The summed E-state index contributed by atoms with van der Waals surface area (Å²) < 4.78 is 13.5. The molecule has 0 aliphatic carbocycles. The van der Waals surface area contributed by atoms with E-state index in [0.29, 0.717) is 62.0 Å². The van der Waals surface area contributed by atoms with Crippen molar-refractivity contribution in [3.05, 3.63) is 24.0 Å². The van der Waals surface area contributed by atoms with E-state index in [1.807, 2.05) is 19.1 Å². The fraction of sp³-hybridized carbons (Fsp3) is 0.478. The fourth-order valence-corrected chi connectivity index (χ4v) is 4.18. The summed E-state index contributed by atoms with van der Waals surface area (Å²) in [5.41, 5.74) is 8.44. The predicted molar refractivity (Wildman–Crippen MR) is 127 cm³/mol. The van der Waals surface area contributed by atoms with Crippen molar-refractivity contribution in [3.8, 4) is 5.75 Å². The molecule has 0 spiro atoms. The van der Waals surface area contributed by atoms with Gasteiger partial charge in [-0.25, -0.2) is 14.8 Å². The van der Waals surface area contributed by atoms with Crippen molar-refractivity contribution in [3.63, 3.8) is 0 Å². The van der Waals surface area contributed by atoms with Crippen molar-refractivity contribution in [1.29, 1.82) is 0 Å². The van der Waals surface area contributed by atoms with Gasteiger partial charge >= 0.3 is 6.09 Å². The number of carbonyl (C=O) groups excluding carboxylic acids is 1. The Morgan fingerprint density at radius 3 is 2.53 bits per heavy atom. The van der Waals surface area contributed by atoms with Crippen molar-refractivity contribution >= 4 is 39.8 Å². The lowest BCUT2D eigenvalue weighted by Crippen LogP contribution is -2.51. The van der Waals surface area contributed by atoms with Gasteiger partial charge in [-0.15, -0.1) is 0 Å². The number of fused-ring (bicyclic) bond motifs is 3. The first-order valence-corrected chi connectivity index (χ1v) is 11.5. The molecular weight excluding hydrogens is 440 g/mol. The number of hydrogen-bond acceptors (Lipinski definition) is 7. The summed E-state index contributed by atoms with van der Waals surface area (Å²) in [4.78, 5) is 35.8. The van der Waals surface area contributed by atoms with Crippen molar-refractivity contribution in [2.75, 3.05) is 45.1 Å². The Hall–Kier alpha value is -3.60. The molecule has 2 aromatic heterocycles. The number of carboxylic acid groups (broad SMARTS) is 1. The van der Waals surface area contributed by atoms with Gasteiger partial charge in [0.1, 0.15) is 23.7 Å². The van der Waals surface area contributed by atoms with Gasteiger partial charge in [-0.2, -0.15) is 0 Å². The molecule has 1 aliphatic rings. The Balaban J connectivity index is 1.58. The van der Waals surface area contributed by atoms with Crippen LogP contribution in [0.4, 0.5) is 10.6 Å². The molecule has 11 nitrogen and oxygen atoms in total. The monoisotopic (exact) mass is 470 g/mol. The number of ether oxygens (including phenoxy) is 2. The molecule has 3 heterocycles. The summed E-state index contributed by atoms with van der Waals surface area (Å²) in [6, 6.07) is 5.44. The fourth-order valence-electron chi connectivity index (χ4n) is 4.18. The molecule has 0 radical (unpaired) electrons. The molecule has 34 heavy (non-hydrogen) atoms. The molecule has 3 N–H and O–H groups in total. The molecule has 0 unspecified atom stereocenters. The van der Waals surface area contributed by atoms with Crippen LogP contribution in [0.3, 0.4) is 0 Å². The number of aryl methyl sites for hydroxylation is 1. The zero-order valence-corrected chi connectivity index (χ0v) is 19.5. The minimum absolute atomic E-state index is 0.131. The van der Waals surface area contributed by atoms with Crippen molar-refractivity contribution < 1.29 is 24.2 Å². The largest absolute Gasteiger partial charge is 0.484 e. The highest BCUT2D eigenvalue weighted by Gasteiger charge is 2.24. The zero-order valence-electron chi connectivity index (χ0n) is 19.5. The maximum absolute atomic E-state index is 12.6. The number of piperazine rings is 1. The van der Waals surface area contributed by atoms with E-state index < -0.39 is 6.09 Å². The van der Waals surface area contributed by atoms with Crippen LogP contribution in [-0.4, -0.2) is 80.8 Å². The normalized spacial score (nSPS) is 14.2. The van der Waals surface area contributed by atoms with Crippen LogP contribution >= 0.6 is 0 Å². The van der Waals surface area contributed by atoms with Gasteiger partial charge in [0, 0.05) is 44.7 Å². The molecule has 0 bridgehead atoms. The third-order valence-corrected chi connectivity index (χ3v) is 5.90. The third kappa shape index (κ3) is 4.69. The molecule has 1 aliphatic heterocycles. The summed E-state index contributed by atoms with van der Waals surface area (Å²) >= 11 is 0. The number of nitrogen functional groups attached to an aromatic ring is 1. The Bertz CT molecular complexity index is 1200. The highest BCUT2D eigenvalue weighted by atomic mass is 16.5. The number of carbonyl (C=O) groups is 2. The molecule has 1 aromatic carbocycles. The lowest BCUT2D eigenvalue weighted by Gasteiger charge is -2.33. The number of nitrogens with zero attached hydrogens (tertiary/aromatic N) is 5. The first kappa shape index (κ1) is 23.6. The maximum Gasteiger partial charge on any atom is 0.407 e. The second-order valence-corrected chi connectivity index (χ2v) is 8.13. The Morgan fingerprint density at radius 1 is 1.12 bits per heavy atom. The molecule has 182 valence electrons. The molecule has 0 atom stereocenters. The number of amides is 2. The molecule has 1 saturated heterocycles. The average Bonchev–Trinajstić information content (AvgIpc) is 3.21. The van der Waals surface area contributed by atoms with Crippen molar-refractivity contribution in [2.24, 2.45) is 0 Å². The first-order chi connectivity index (χ1) is 16.4. The van der Waals surface area contributed by atoms with Crippen LogP contribution < -0.4 is 10.5 Å². The first-order valence-electron chi connectivity index (χ1n) is 11.5. The molecule has 4 rings (SSSR count). The summed E-state index contributed by atoms with van der Waals surface area (Å²) in [6.45, 7) is 6.93. The van der Waals surface area contributed by atoms with E-state index in [1.54, 1.807) is 11.0 Å². The minimum atomic E-state index is -0.966. The standard InChI is InChI=1S/C23H30N6O5/c1-3-7-29-18(13-33-4-2)26-20-21(29)16-12-15(5-6-17(16)25-22(20)24)34-14-19(30)27-8-10-28(11-9-27)23(31)32/h5-6,12H,3-4,7-11,13-14H2,1-2H3,(H2,24,25)(H,31,32). The smallest absolute Gasteiger partial charge is 0.407 e. The van der Waals surface area contributed by atoms with Crippen LogP contribution in [-0.2, 0) is 22.7 Å². The number of anilines is 1. The third-order valence-electron chi connectivity index (χ3n) is 5.90. The van der Waals surface area contributed by atoms with E-state index >= 15 is 0 Å². The van der Waals surface area contributed by atoms with Gasteiger partial charge in [-0.3, -0.25) is 4.79 Å². The number of nitrogens with two attached hydrogens (primary N) is 1. The molecule has 11 heteroatoms.